The highest BCUT2D eigenvalue weighted by Gasteiger charge is 2.15. The molecule has 0 aliphatic rings. The van der Waals surface area contributed by atoms with Gasteiger partial charge in [0, 0.05) is 46.8 Å². The molecule has 0 bridgehead atoms. The molecule has 5 rings (SSSR count). The van der Waals surface area contributed by atoms with Crippen molar-refractivity contribution < 1.29 is 4.79 Å². The molecule has 0 saturated carbocycles. The molecule has 5 aromatic rings. The number of para-hydroxylation sites is 1. The standard InChI is InChI=1S/C27H23N5O/c33-25(31-30-18-22-17-28-24-14-8-7-13-23(22)24)15-16-32-19-29-26(20-9-3-1-4-10-20)27(32)21-11-5-2-6-12-21/h1-14,17-19,28H,15-16H2,(H,31,33). The molecular weight excluding hydrogens is 410 g/mol. The van der Waals surface area contributed by atoms with E-state index >= 15 is 0 Å². The van der Waals surface area contributed by atoms with Gasteiger partial charge in [-0.15, -0.1) is 0 Å². The summed E-state index contributed by atoms with van der Waals surface area (Å²) in [5.41, 5.74) is 8.61. The van der Waals surface area contributed by atoms with E-state index in [2.05, 4.69) is 32.6 Å². The number of carbonyl (C=O) groups excluding carboxylic acids is 1. The van der Waals surface area contributed by atoms with Gasteiger partial charge in [0.2, 0.25) is 5.91 Å². The maximum absolute atomic E-state index is 12.5. The normalized spacial score (nSPS) is 11.3. The number of hydrogen-bond acceptors (Lipinski definition) is 3. The Hall–Kier alpha value is -4.45. The molecule has 0 fully saturated rings. The third-order valence-electron chi connectivity index (χ3n) is 5.53. The lowest BCUT2D eigenvalue weighted by molar-refractivity contribution is -0.121. The predicted octanol–water partition coefficient (Wildman–Crippen LogP) is 5.24. The van der Waals surface area contributed by atoms with Gasteiger partial charge in [-0.2, -0.15) is 5.10 Å². The Balaban J connectivity index is 1.30. The average Bonchev–Trinajstić information content (AvgIpc) is 3.48. The van der Waals surface area contributed by atoms with Gasteiger partial charge in [-0.05, 0) is 6.07 Å². The van der Waals surface area contributed by atoms with E-state index in [-0.39, 0.29) is 12.3 Å². The second kappa shape index (κ2) is 9.36. The maximum atomic E-state index is 12.5. The molecule has 0 spiro atoms. The fourth-order valence-electron chi connectivity index (χ4n) is 3.91. The molecule has 6 heteroatoms. The van der Waals surface area contributed by atoms with E-state index in [1.165, 1.54) is 0 Å². The van der Waals surface area contributed by atoms with Gasteiger partial charge < -0.3 is 9.55 Å². The lowest BCUT2D eigenvalue weighted by atomic mass is 10.0. The largest absolute Gasteiger partial charge is 0.361 e. The van der Waals surface area contributed by atoms with Crippen molar-refractivity contribution in [2.75, 3.05) is 0 Å². The first-order valence-corrected chi connectivity index (χ1v) is 10.8. The lowest BCUT2D eigenvalue weighted by Gasteiger charge is -2.10. The van der Waals surface area contributed by atoms with E-state index in [0.29, 0.717) is 6.54 Å². The molecule has 0 atom stereocenters. The number of hydrazone groups is 1. The number of hydrogen-bond donors (Lipinski definition) is 2. The molecule has 0 saturated heterocycles. The van der Waals surface area contributed by atoms with Crippen molar-refractivity contribution in [1.29, 1.82) is 0 Å². The van der Waals surface area contributed by atoms with Crippen molar-refractivity contribution in [3.8, 4) is 22.5 Å². The monoisotopic (exact) mass is 433 g/mol. The van der Waals surface area contributed by atoms with Crippen LogP contribution in [0.2, 0.25) is 0 Å². The Labute approximate surface area is 191 Å². The first-order valence-electron chi connectivity index (χ1n) is 10.8. The van der Waals surface area contributed by atoms with E-state index in [9.17, 15) is 4.79 Å². The molecule has 0 aliphatic heterocycles. The van der Waals surface area contributed by atoms with Crippen molar-refractivity contribution in [3.05, 3.63) is 103 Å². The minimum Gasteiger partial charge on any atom is -0.361 e. The Morgan fingerprint density at radius 2 is 1.64 bits per heavy atom. The van der Waals surface area contributed by atoms with Gasteiger partial charge in [-0.25, -0.2) is 10.4 Å². The van der Waals surface area contributed by atoms with Crippen LogP contribution >= 0.6 is 0 Å². The van der Waals surface area contributed by atoms with Crippen molar-refractivity contribution in [2.24, 2.45) is 5.10 Å². The summed E-state index contributed by atoms with van der Waals surface area (Å²) >= 11 is 0. The topological polar surface area (TPSA) is 75.1 Å². The van der Waals surface area contributed by atoms with Crippen LogP contribution in [0.4, 0.5) is 0 Å². The second-order valence-corrected chi connectivity index (χ2v) is 7.70. The summed E-state index contributed by atoms with van der Waals surface area (Å²) in [5.74, 6) is -0.153. The molecular formula is C27H23N5O. The number of aromatic nitrogens is 3. The summed E-state index contributed by atoms with van der Waals surface area (Å²) in [5, 5.41) is 5.20. The highest BCUT2D eigenvalue weighted by Crippen LogP contribution is 2.31. The molecule has 0 unspecified atom stereocenters. The van der Waals surface area contributed by atoms with Crippen LogP contribution in [0.25, 0.3) is 33.4 Å². The first kappa shape index (κ1) is 20.5. The Bertz CT molecular complexity index is 1400. The smallest absolute Gasteiger partial charge is 0.241 e. The zero-order chi connectivity index (χ0) is 22.5. The van der Waals surface area contributed by atoms with E-state index in [1.807, 2.05) is 83.6 Å². The SMILES string of the molecule is O=C(CCn1cnc(-c2ccccc2)c1-c1ccccc1)NN=Cc1c[nH]c2ccccc12. The highest BCUT2D eigenvalue weighted by molar-refractivity contribution is 5.99. The van der Waals surface area contributed by atoms with E-state index < -0.39 is 0 Å². The summed E-state index contributed by atoms with van der Waals surface area (Å²) < 4.78 is 2.03. The molecule has 2 heterocycles. The minimum absolute atomic E-state index is 0.153. The van der Waals surface area contributed by atoms with Crippen LogP contribution in [-0.2, 0) is 11.3 Å². The van der Waals surface area contributed by atoms with Crippen LogP contribution in [-0.4, -0.2) is 26.7 Å². The molecule has 0 aliphatic carbocycles. The van der Waals surface area contributed by atoms with Gasteiger partial charge in [-0.1, -0.05) is 78.9 Å². The fourth-order valence-corrected chi connectivity index (χ4v) is 3.91. The summed E-state index contributed by atoms with van der Waals surface area (Å²) in [6, 6.07) is 28.2. The summed E-state index contributed by atoms with van der Waals surface area (Å²) in [6.45, 7) is 0.499. The number of amides is 1. The van der Waals surface area contributed by atoms with Crippen LogP contribution in [0.15, 0.2) is 103 Å². The summed E-state index contributed by atoms with van der Waals surface area (Å²) in [7, 11) is 0. The van der Waals surface area contributed by atoms with Crippen LogP contribution in [0.3, 0.4) is 0 Å². The number of nitrogens with zero attached hydrogens (tertiary/aromatic N) is 3. The van der Waals surface area contributed by atoms with Gasteiger partial charge in [0.15, 0.2) is 0 Å². The number of aromatic amines is 1. The third kappa shape index (κ3) is 4.45. The minimum atomic E-state index is -0.153. The van der Waals surface area contributed by atoms with E-state index in [4.69, 9.17) is 0 Å². The number of benzene rings is 3. The van der Waals surface area contributed by atoms with Crippen molar-refractivity contribution in [2.45, 2.75) is 13.0 Å². The van der Waals surface area contributed by atoms with Crippen LogP contribution in [0.1, 0.15) is 12.0 Å². The quantitative estimate of drug-likeness (QED) is 0.272. The summed E-state index contributed by atoms with van der Waals surface area (Å²) in [6.07, 6.45) is 5.63. The number of imidazole rings is 1. The molecule has 2 aromatic heterocycles. The zero-order valence-electron chi connectivity index (χ0n) is 18.0. The second-order valence-electron chi connectivity index (χ2n) is 7.70. The van der Waals surface area contributed by atoms with Gasteiger partial charge >= 0.3 is 0 Å². The number of H-pyrrole nitrogens is 1. The number of aryl methyl sites for hydroxylation is 1. The molecule has 0 radical (unpaired) electrons. The molecule has 1 amide bonds. The molecule has 162 valence electrons. The average molecular weight is 434 g/mol. The molecule has 2 N–H and O–H groups in total. The van der Waals surface area contributed by atoms with Crippen LogP contribution in [0.5, 0.6) is 0 Å². The fraction of sp³-hybridized carbons (Fsp3) is 0.0741. The van der Waals surface area contributed by atoms with E-state index in [1.54, 1.807) is 12.5 Å². The first-order chi connectivity index (χ1) is 16.3. The molecule has 6 nitrogen and oxygen atoms in total. The number of rotatable bonds is 7. The molecule has 33 heavy (non-hydrogen) atoms. The molecule has 3 aromatic carbocycles. The highest BCUT2D eigenvalue weighted by atomic mass is 16.2. The number of nitrogens with one attached hydrogen (secondary N) is 2. The number of fused-ring (bicyclic) bond motifs is 1. The van der Waals surface area contributed by atoms with Crippen molar-refractivity contribution in [3.63, 3.8) is 0 Å². The Morgan fingerprint density at radius 1 is 0.939 bits per heavy atom. The van der Waals surface area contributed by atoms with Crippen molar-refractivity contribution >= 4 is 23.0 Å². The van der Waals surface area contributed by atoms with Crippen molar-refractivity contribution in [1.82, 2.24) is 20.0 Å². The zero-order valence-corrected chi connectivity index (χ0v) is 18.0. The summed E-state index contributed by atoms with van der Waals surface area (Å²) in [4.78, 5) is 20.3. The third-order valence-corrected chi connectivity index (χ3v) is 5.53. The van der Waals surface area contributed by atoms with Gasteiger partial charge in [-0.3, -0.25) is 4.79 Å². The van der Waals surface area contributed by atoms with Gasteiger partial charge in [0.1, 0.15) is 0 Å². The van der Waals surface area contributed by atoms with Gasteiger partial charge in [0.05, 0.1) is 23.9 Å². The predicted molar refractivity (Wildman–Crippen MR) is 132 cm³/mol. The lowest BCUT2D eigenvalue weighted by Crippen LogP contribution is -2.19. The van der Waals surface area contributed by atoms with Crippen LogP contribution in [0, 0.1) is 0 Å². The van der Waals surface area contributed by atoms with Gasteiger partial charge in [0.25, 0.3) is 0 Å². The Kier molecular flexibility index (Phi) is 5.80. The van der Waals surface area contributed by atoms with Crippen LogP contribution < -0.4 is 5.43 Å². The Morgan fingerprint density at radius 3 is 2.42 bits per heavy atom. The maximum Gasteiger partial charge on any atom is 0.241 e. The number of carbonyl (C=O) groups is 1. The van der Waals surface area contributed by atoms with E-state index in [0.717, 1.165) is 39.0 Å².